The van der Waals surface area contributed by atoms with Gasteiger partial charge in [-0.15, -0.1) is 0 Å². The largest absolute Gasteiger partial charge is 0.508 e. The molecule has 1 aliphatic carbocycles. The summed E-state index contributed by atoms with van der Waals surface area (Å²) in [5, 5.41) is 19.1. The third-order valence-corrected chi connectivity index (χ3v) is 7.12. The van der Waals surface area contributed by atoms with Crippen molar-refractivity contribution in [2.75, 3.05) is 11.9 Å². The predicted octanol–water partition coefficient (Wildman–Crippen LogP) is 3.22. The second kappa shape index (κ2) is 9.09. The highest BCUT2D eigenvalue weighted by atomic mass is 32.2. The van der Waals surface area contributed by atoms with Crippen molar-refractivity contribution in [3.8, 4) is 11.5 Å². The molecule has 1 aliphatic rings. The van der Waals surface area contributed by atoms with Gasteiger partial charge in [0, 0.05) is 30.9 Å². The highest BCUT2D eigenvalue weighted by Crippen LogP contribution is 2.24. The summed E-state index contributed by atoms with van der Waals surface area (Å²) in [4.78, 5) is 14.0. The molecule has 0 heterocycles. The maximum atomic E-state index is 12.8. The van der Waals surface area contributed by atoms with E-state index in [1.54, 1.807) is 19.2 Å². The number of amides is 1. The highest BCUT2D eigenvalue weighted by Gasteiger charge is 2.26. The molecule has 0 fully saturated rings. The van der Waals surface area contributed by atoms with Crippen molar-refractivity contribution in [2.24, 2.45) is 0 Å². The Balaban J connectivity index is 1.41. The van der Waals surface area contributed by atoms with Crippen LogP contribution in [0.5, 0.6) is 11.5 Å². The zero-order chi connectivity index (χ0) is 23.6. The molecule has 0 atom stereocenters. The molecular weight excluding hydrogens is 440 g/mol. The molecule has 0 saturated carbocycles. The molecule has 0 spiro atoms. The minimum Gasteiger partial charge on any atom is -0.508 e. The lowest BCUT2D eigenvalue weighted by atomic mass is 10.1. The summed E-state index contributed by atoms with van der Waals surface area (Å²) in [6, 6.07) is 17.9. The number of phenolic OH excluding ortho intramolecular Hbond substituents is 2. The molecule has 0 radical (unpaired) electrons. The molecule has 8 heteroatoms. The maximum Gasteiger partial charge on any atom is 0.250 e. The molecule has 1 amide bonds. The van der Waals surface area contributed by atoms with Crippen molar-refractivity contribution < 1.29 is 23.4 Å². The summed E-state index contributed by atoms with van der Waals surface area (Å²) in [5.41, 5.74) is 3.32. The fourth-order valence-electron chi connectivity index (χ4n) is 3.90. The maximum absolute atomic E-state index is 12.8. The minimum absolute atomic E-state index is 0.109. The van der Waals surface area contributed by atoms with Gasteiger partial charge < -0.3 is 15.1 Å². The number of nitrogens with one attached hydrogen (secondary N) is 1. The van der Waals surface area contributed by atoms with E-state index < -0.39 is 10.0 Å². The number of nitrogens with zero attached hydrogens (tertiary/aromatic N) is 1. The van der Waals surface area contributed by atoms with Gasteiger partial charge in [-0.2, -0.15) is 0 Å². The lowest BCUT2D eigenvalue weighted by Crippen LogP contribution is -2.35. The summed E-state index contributed by atoms with van der Waals surface area (Å²) < 4.78 is 28.4. The van der Waals surface area contributed by atoms with Gasteiger partial charge in [0.1, 0.15) is 11.5 Å². The van der Waals surface area contributed by atoms with Crippen LogP contribution in [0.1, 0.15) is 16.7 Å². The molecule has 4 rings (SSSR count). The van der Waals surface area contributed by atoms with Crippen molar-refractivity contribution >= 4 is 27.7 Å². The Morgan fingerprint density at radius 1 is 0.970 bits per heavy atom. The molecule has 7 nitrogen and oxygen atoms in total. The van der Waals surface area contributed by atoms with E-state index in [-0.39, 0.29) is 28.3 Å². The number of fused-ring (bicyclic) bond motifs is 1. The standard InChI is InChI=1S/C25H24N2O5S/c1-27(25(30)11-6-17-12-22(28)16-23(29)13-17)21-7-9-24(10-8-21)33(31,32)26-20-14-18-4-2-3-5-19(18)15-20/h2-13,16,20,26,28-29H,14-15H2,1H3/b11-6+. The van der Waals surface area contributed by atoms with E-state index in [2.05, 4.69) is 4.72 Å². The first-order valence-electron chi connectivity index (χ1n) is 10.4. The van der Waals surface area contributed by atoms with Crippen LogP contribution in [-0.2, 0) is 27.7 Å². The number of phenols is 2. The quantitative estimate of drug-likeness (QED) is 0.486. The fraction of sp³-hybridized carbons (Fsp3) is 0.160. The van der Waals surface area contributed by atoms with Gasteiger partial charge >= 0.3 is 0 Å². The first-order valence-corrected chi connectivity index (χ1v) is 11.9. The van der Waals surface area contributed by atoms with Gasteiger partial charge in [-0.05, 0) is 72.0 Å². The third-order valence-electron chi connectivity index (χ3n) is 5.58. The second-order valence-corrected chi connectivity index (χ2v) is 9.72. The van der Waals surface area contributed by atoms with Crippen LogP contribution in [0.15, 0.2) is 77.7 Å². The lowest BCUT2D eigenvalue weighted by molar-refractivity contribution is -0.113. The van der Waals surface area contributed by atoms with Crippen LogP contribution in [0.25, 0.3) is 6.08 Å². The molecule has 3 aromatic rings. The molecule has 0 unspecified atom stereocenters. The second-order valence-electron chi connectivity index (χ2n) is 8.00. The van der Waals surface area contributed by atoms with Gasteiger partial charge in [0.25, 0.3) is 5.91 Å². The van der Waals surface area contributed by atoms with Crippen LogP contribution in [0, 0.1) is 0 Å². The summed E-state index contributed by atoms with van der Waals surface area (Å²) in [6.07, 6.45) is 4.10. The fourth-order valence-corrected chi connectivity index (χ4v) is 5.14. The Morgan fingerprint density at radius 3 is 2.12 bits per heavy atom. The number of carbonyl (C=O) groups is 1. The molecule has 3 aromatic carbocycles. The highest BCUT2D eigenvalue weighted by molar-refractivity contribution is 7.89. The molecule has 170 valence electrons. The van der Waals surface area contributed by atoms with Crippen molar-refractivity contribution in [1.82, 2.24) is 4.72 Å². The number of benzene rings is 3. The van der Waals surface area contributed by atoms with E-state index in [0.29, 0.717) is 24.1 Å². The minimum atomic E-state index is -3.69. The number of anilines is 1. The molecule has 0 aromatic heterocycles. The number of aromatic hydroxyl groups is 2. The third kappa shape index (κ3) is 5.24. The van der Waals surface area contributed by atoms with Gasteiger partial charge in [-0.1, -0.05) is 24.3 Å². The van der Waals surface area contributed by atoms with Gasteiger partial charge in [-0.3, -0.25) is 4.79 Å². The molecule has 0 aliphatic heterocycles. The summed E-state index contributed by atoms with van der Waals surface area (Å²) in [7, 11) is -2.12. The monoisotopic (exact) mass is 464 g/mol. The number of likely N-dealkylation sites (N-methyl/N-ethyl adjacent to an activating group) is 1. The first kappa shape index (κ1) is 22.6. The van der Waals surface area contributed by atoms with E-state index in [1.165, 1.54) is 47.4 Å². The Labute approximate surface area is 192 Å². The summed E-state index contributed by atoms with van der Waals surface area (Å²) in [5.74, 6) is -0.569. The average molecular weight is 465 g/mol. The average Bonchev–Trinajstić information content (AvgIpc) is 3.18. The molecule has 3 N–H and O–H groups in total. The van der Waals surface area contributed by atoms with Gasteiger partial charge in [-0.25, -0.2) is 13.1 Å². The normalized spacial score (nSPS) is 13.8. The van der Waals surface area contributed by atoms with Crippen molar-refractivity contribution in [1.29, 1.82) is 0 Å². The van der Waals surface area contributed by atoms with E-state index in [4.69, 9.17) is 0 Å². The number of hydrogen-bond acceptors (Lipinski definition) is 5. The van der Waals surface area contributed by atoms with E-state index >= 15 is 0 Å². The lowest BCUT2D eigenvalue weighted by Gasteiger charge is -2.17. The predicted molar refractivity (Wildman–Crippen MR) is 127 cm³/mol. The molecule has 33 heavy (non-hydrogen) atoms. The van der Waals surface area contributed by atoms with E-state index in [0.717, 1.165) is 11.1 Å². The molecular formula is C25H24N2O5S. The van der Waals surface area contributed by atoms with Gasteiger partial charge in [0.15, 0.2) is 0 Å². The molecule has 0 saturated heterocycles. The van der Waals surface area contributed by atoms with Crippen molar-refractivity contribution in [2.45, 2.75) is 23.8 Å². The van der Waals surface area contributed by atoms with Gasteiger partial charge in [0.2, 0.25) is 10.0 Å². The van der Waals surface area contributed by atoms with E-state index in [1.807, 2.05) is 24.3 Å². The van der Waals surface area contributed by atoms with Crippen molar-refractivity contribution in [3.05, 3.63) is 89.5 Å². The Hall–Kier alpha value is -3.62. The van der Waals surface area contributed by atoms with Crippen LogP contribution in [-0.4, -0.2) is 37.6 Å². The zero-order valence-electron chi connectivity index (χ0n) is 18.0. The summed E-state index contributed by atoms with van der Waals surface area (Å²) >= 11 is 0. The van der Waals surface area contributed by atoms with Crippen LogP contribution in [0.2, 0.25) is 0 Å². The Morgan fingerprint density at radius 2 is 1.55 bits per heavy atom. The van der Waals surface area contributed by atoms with Gasteiger partial charge in [0.05, 0.1) is 4.90 Å². The number of sulfonamides is 1. The van der Waals surface area contributed by atoms with E-state index in [9.17, 15) is 23.4 Å². The Bertz CT molecular complexity index is 1270. The van der Waals surface area contributed by atoms with Crippen LogP contribution in [0.4, 0.5) is 5.69 Å². The SMILES string of the molecule is CN(C(=O)/C=C/c1cc(O)cc(O)c1)c1ccc(S(=O)(=O)NC2Cc3ccccc3C2)cc1. The number of rotatable bonds is 6. The van der Waals surface area contributed by atoms with Crippen LogP contribution < -0.4 is 9.62 Å². The Kier molecular flexibility index (Phi) is 6.22. The number of hydrogen-bond donors (Lipinski definition) is 3. The van der Waals surface area contributed by atoms with Crippen molar-refractivity contribution in [3.63, 3.8) is 0 Å². The smallest absolute Gasteiger partial charge is 0.250 e. The zero-order valence-corrected chi connectivity index (χ0v) is 18.8. The van der Waals surface area contributed by atoms with Crippen LogP contribution in [0.3, 0.4) is 0 Å². The first-order chi connectivity index (χ1) is 15.7. The topological polar surface area (TPSA) is 107 Å². The number of carbonyl (C=O) groups excluding carboxylic acids is 1. The summed E-state index contributed by atoms with van der Waals surface area (Å²) in [6.45, 7) is 0. The van der Waals surface area contributed by atoms with Crippen LogP contribution >= 0.6 is 0 Å². The molecule has 0 bridgehead atoms.